The summed E-state index contributed by atoms with van der Waals surface area (Å²) in [5.41, 5.74) is 0.242. The predicted molar refractivity (Wildman–Crippen MR) is 94.4 cm³/mol. The van der Waals surface area contributed by atoms with Gasteiger partial charge in [0, 0.05) is 56.0 Å². The van der Waals surface area contributed by atoms with Gasteiger partial charge in [-0.2, -0.15) is 0 Å². The van der Waals surface area contributed by atoms with E-state index in [9.17, 15) is 14.0 Å². The minimum absolute atomic E-state index is 0.198. The van der Waals surface area contributed by atoms with Crippen LogP contribution in [0.25, 0.3) is 10.9 Å². The standard InChI is InChI=1S/C18H18FN5O2/c1-23-6-5-21-17(23)15-10-20-4-7-24(15)18(26)13-9-16(25)22-14-3-2-11(19)8-12(13)14/h2-3,5-6,8-9,15,20H,4,7,10H2,1H3,(H,22,25). The molecule has 0 aliphatic carbocycles. The van der Waals surface area contributed by atoms with Crippen LogP contribution in [-0.4, -0.2) is 45.0 Å². The van der Waals surface area contributed by atoms with E-state index >= 15 is 0 Å². The van der Waals surface area contributed by atoms with Crippen molar-refractivity contribution in [2.45, 2.75) is 6.04 Å². The molecule has 1 aliphatic heterocycles. The topological polar surface area (TPSA) is 83.0 Å². The van der Waals surface area contributed by atoms with Crippen molar-refractivity contribution in [2.24, 2.45) is 7.05 Å². The maximum atomic E-state index is 13.7. The van der Waals surface area contributed by atoms with Gasteiger partial charge in [0.25, 0.3) is 5.91 Å². The van der Waals surface area contributed by atoms with E-state index in [0.717, 1.165) is 5.82 Å². The molecule has 134 valence electrons. The molecule has 1 fully saturated rings. The summed E-state index contributed by atoms with van der Waals surface area (Å²) in [6, 6.07) is 4.97. The van der Waals surface area contributed by atoms with Crippen molar-refractivity contribution in [3.63, 3.8) is 0 Å². The molecule has 4 rings (SSSR count). The predicted octanol–water partition coefficient (Wildman–Crippen LogP) is 1.19. The van der Waals surface area contributed by atoms with Crippen molar-refractivity contribution in [3.8, 4) is 0 Å². The average molecular weight is 355 g/mol. The van der Waals surface area contributed by atoms with Crippen molar-refractivity contribution in [1.82, 2.24) is 24.8 Å². The molecule has 3 heterocycles. The first-order valence-electron chi connectivity index (χ1n) is 8.36. The van der Waals surface area contributed by atoms with Crippen molar-refractivity contribution < 1.29 is 9.18 Å². The smallest absolute Gasteiger partial charge is 0.255 e. The zero-order valence-electron chi connectivity index (χ0n) is 14.2. The van der Waals surface area contributed by atoms with Crippen molar-refractivity contribution in [2.75, 3.05) is 19.6 Å². The lowest BCUT2D eigenvalue weighted by molar-refractivity contribution is 0.0622. The third kappa shape index (κ3) is 2.78. The molecule has 1 amide bonds. The Morgan fingerprint density at radius 2 is 2.19 bits per heavy atom. The molecule has 0 spiro atoms. The Labute approximate surface area is 148 Å². The number of amides is 1. The third-order valence-electron chi connectivity index (χ3n) is 4.70. The molecule has 1 atom stereocenters. The zero-order chi connectivity index (χ0) is 18.3. The SMILES string of the molecule is Cn1ccnc1C1CNCCN1C(=O)c1cc(=O)[nH]c2ccc(F)cc12. The maximum Gasteiger partial charge on any atom is 0.255 e. The molecule has 0 saturated carbocycles. The van der Waals surface area contributed by atoms with E-state index in [1.807, 2.05) is 17.8 Å². The maximum absolute atomic E-state index is 13.7. The van der Waals surface area contributed by atoms with Gasteiger partial charge in [-0.1, -0.05) is 0 Å². The molecule has 1 saturated heterocycles. The van der Waals surface area contributed by atoms with E-state index in [0.29, 0.717) is 30.5 Å². The number of fused-ring (bicyclic) bond motifs is 1. The van der Waals surface area contributed by atoms with Gasteiger partial charge in [-0.05, 0) is 18.2 Å². The highest BCUT2D eigenvalue weighted by atomic mass is 19.1. The second-order valence-electron chi connectivity index (χ2n) is 6.35. The number of pyridine rings is 1. The number of benzene rings is 1. The van der Waals surface area contributed by atoms with Crippen LogP contribution in [0, 0.1) is 5.82 Å². The van der Waals surface area contributed by atoms with Crippen LogP contribution < -0.4 is 10.9 Å². The summed E-state index contributed by atoms with van der Waals surface area (Å²) in [6.07, 6.45) is 3.51. The van der Waals surface area contributed by atoms with Gasteiger partial charge in [0.05, 0.1) is 5.56 Å². The molecule has 8 heteroatoms. The number of nitrogens with one attached hydrogen (secondary N) is 2. The Balaban J connectivity index is 1.81. The number of aryl methyl sites for hydroxylation is 1. The average Bonchev–Trinajstić information content (AvgIpc) is 3.06. The molecule has 1 unspecified atom stereocenters. The monoisotopic (exact) mass is 355 g/mol. The van der Waals surface area contributed by atoms with Crippen LogP contribution in [0.15, 0.2) is 41.5 Å². The van der Waals surface area contributed by atoms with Gasteiger partial charge in [0.1, 0.15) is 17.7 Å². The van der Waals surface area contributed by atoms with E-state index in [1.54, 1.807) is 11.1 Å². The normalized spacial score (nSPS) is 17.6. The summed E-state index contributed by atoms with van der Waals surface area (Å²) in [5, 5.41) is 3.66. The van der Waals surface area contributed by atoms with Crippen molar-refractivity contribution >= 4 is 16.8 Å². The van der Waals surface area contributed by atoms with E-state index in [1.165, 1.54) is 24.3 Å². The minimum atomic E-state index is -0.459. The molecule has 0 radical (unpaired) electrons. The first kappa shape index (κ1) is 16.5. The second kappa shape index (κ2) is 6.38. The molecule has 3 aromatic rings. The highest BCUT2D eigenvalue weighted by Gasteiger charge is 2.32. The Kier molecular flexibility index (Phi) is 4.04. The number of hydrogen-bond donors (Lipinski definition) is 2. The number of hydrogen-bond acceptors (Lipinski definition) is 4. The first-order valence-corrected chi connectivity index (χ1v) is 8.36. The summed E-state index contributed by atoms with van der Waals surface area (Å²) >= 11 is 0. The zero-order valence-corrected chi connectivity index (χ0v) is 14.2. The molecule has 2 aromatic heterocycles. The molecule has 7 nitrogen and oxygen atoms in total. The number of piperazine rings is 1. The lowest BCUT2D eigenvalue weighted by Gasteiger charge is -2.36. The van der Waals surface area contributed by atoms with E-state index in [4.69, 9.17) is 0 Å². The van der Waals surface area contributed by atoms with Crippen LogP contribution >= 0.6 is 0 Å². The van der Waals surface area contributed by atoms with Crippen LogP contribution in [-0.2, 0) is 7.05 Å². The molecular formula is C18H18FN5O2. The van der Waals surface area contributed by atoms with Gasteiger partial charge >= 0.3 is 0 Å². The first-order chi connectivity index (χ1) is 12.5. The number of carbonyl (C=O) groups is 1. The number of rotatable bonds is 2. The summed E-state index contributed by atoms with van der Waals surface area (Å²) in [6.45, 7) is 1.67. The van der Waals surface area contributed by atoms with Gasteiger partial charge in [-0.15, -0.1) is 0 Å². The van der Waals surface area contributed by atoms with Gasteiger partial charge in [-0.25, -0.2) is 9.37 Å². The van der Waals surface area contributed by atoms with Crippen LogP contribution in [0.5, 0.6) is 0 Å². The Hall–Kier alpha value is -3.00. The van der Waals surface area contributed by atoms with Gasteiger partial charge in [-0.3, -0.25) is 9.59 Å². The number of H-pyrrole nitrogens is 1. The summed E-state index contributed by atoms with van der Waals surface area (Å²) in [5.74, 6) is -0.00774. The number of imidazole rings is 1. The van der Waals surface area contributed by atoms with Gasteiger partial charge in [0.2, 0.25) is 5.56 Å². The molecule has 26 heavy (non-hydrogen) atoms. The molecule has 1 aromatic carbocycles. The fraction of sp³-hybridized carbons (Fsp3) is 0.278. The van der Waals surface area contributed by atoms with Gasteiger partial charge in [0.15, 0.2) is 0 Å². The lowest BCUT2D eigenvalue weighted by atomic mass is 10.1. The largest absolute Gasteiger partial charge is 0.336 e. The Bertz CT molecular complexity index is 1040. The summed E-state index contributed by atoms with van der Waals surface area (Å²) in [4.78, 5) is 34.0. The van der Waals surface area contributed by atoms with Crippen molar-refractivity contribution in [1.29, 1.82) is 0 Å². The molecule has 0 bridgehead atoms. The number of aromatic nitrogens is 3. The third-order valence-corrected chi connectivity index (χ3v) is 4.70. The lowest BCUT2D eigenvalue weighted by Crippen LogP contribution is -2.49. The number of halogens is 1. The van der Waals surface area contributed by atoms with E-state index in [-0.39, 0.29) is 17.5 Å². The second-order valence-corrected chi connectivity index (χ2v) is 6.35. The highest BCUT2D eigenvalue weighted by molar-refractivity contribution is 6.06. The summed E-state index contributed by atoms with van der Waals surface area (Å²) < 4.78 is 15.6. The molecular weight excluding hydrogens is 337 g/mol. The fourth-order valence-corrected chi connectivity index (χ4v) is 3.43. The molecule has 1 aliphatic rings. The Morgan fingerprint density at radius 1 is 1.35 bits per heavy atom. The highest BCUT2D eigenvalue weighted by Crippen LogP contribution is 2.25. The van der Waals surface area contributed by atoms with Crippen LogP contribution in [0.1, 0.15) is 22.2 Å². The quantitative estimate of drug-likeness (QED) is 0.723. The Morgan fingerprint density at radius 3 is 2.96 bits per heavy atom. The number of aromatic amines is 1. The van der Waals surface area contributed by atoms with Crippen LogP contribution in [0.4, 0.5) is 4.39 Å². The van der Waals surface area contributed by atoms with Crippen LogP contribution in [0.2, 0.25) is 0 Å². The van der Waals surface area contributed by atoms with Gasteiger partial charge < -0.3 is 19.8 Å². The molecule has 2 N–H and O–H groups in total. The van der Waals surface area contributed by atoms with Crippen LogP contribution in [0.3, 0.4) is 0 Å². The van der Waals surface area contributed by atoms with E-state index in [2.05, 4.69) is 15.3 Å². The fourth-order valence-electron chi connectivity index (χ4n) is 3.43. The minimum Gasteiger partial charge on any atom is -0.336 e. The van der Waals surface area contributed by atoms with E-state index < -0.39 is 11.4 Å². The van der Waals surface area contributed by atoms with Crippen molar-refractivity contribution in [3.05, 3.63) is 64.2 Å². The number of carbonyl (C=O) groups excluding carboxylic acids is 1. The number of nitrogens with zero attached hydrogens (tertiary/aromatic N) is 3. The summed E-state index contributed by atoms with van der Waals surface area (Å²) in [7, 11) is 1.87.